The third kappa shape index (κ3) is 2.58. The molecule has 0 aliphatic rings. The predicted octanol–water partition coefficient (Wildman–Crippen LogP) is 1.50. The van der Waals surface area contributed by atoms with Crippen LogP contribution in [-0.2, 0) is 13.6 Å². The van der Waals surface area contributed by atoms with Gasteiger partial charge < -0.3 is 4.57 Å². The van der Waals surface area contributed by atoms with Gasteiger partial charge in [0.1, 0.15) is 0 Å². The number of thioether (sulfide) groups is 1. The summed E-state index contributed by atoms with van der Waals surface area (Å²) in [4.78, 5) is 30.5. The van der Waals surface area contributed by atoms with Crippen LogP contribution in [0.2, 0.25) is 0 Å². The molecule has 20 heavy (non-hydrogen) atoms. The van der Waals surface area contributed by atoms with E-state index in [1.807, 2.05) is 30.6 Å². The van der Waals surface area contributed by atoms with Crippen LogP contribution in [0.1, 0.15) is 20.3 Å². The van der Waals surface area contributed by atoms with Gasteiger partial charge in [-0.05, 0) is 13.3 Å². The largest absolute Gasteiger partial charge is 0.329 e. The van der Waals surface area contributed by atoms with E-state index in [2.05, 4.69) is 9.97 Å². The van der Waals surface area contributed by atoms with Gasteiger partial charge in [0.25, 0.3) is 5.56 Å². The first-order valence-corrected chi connectivity index (χ1v) is 7.52. The molecular formula is C13H18N4O2S. The topological polar surface area (TPSA) is 72.7 Å². The van der Waals surface area contributed by atoms with E-state index in [9.17, 15) is 9.59 Å². The number of rotatable bonds is 5. The molecule has 0 fully saturated rings. The van der Waals surface area contributed by atoms with Gasteiger partial charge in [-0.25, -0.2) is 9.78 Å². The molecule has 2 aromatic rings. The van der Waals surface area contributed by atoms with Crippen LogP contribution in [0.3, 0.4) is 0 Å². The van der Waals surface area contributed by atoms with Crippen molar-refractivity contribution in [3.8, 4) is 0 Å². The van der Waals surface area contributed by atoms with Crippen molar-refractivity contribution in [1.82, 2.24) is 19.1 Å². The summed E-state index contributed by atoms with van der Waals surface area (Å²) in [6, 6.07) is 0. The Morgan fingerprint density at radius 2 is 2.15 bits per heavy atom. The average molecular weight is 294 g/mol. The minimum atomic E-state index is -0.436. The van der Waals surface area contributed by atoms with Gasteiger partial charge in [0.05, 0.1) is 0 Å². The molecule has 0 bridgehead atoms. The lowest BCUT2D eigenvalue weighted by atomic mass is 10.4. The van der Waals surface area contributed by atoms with Crippen molar-refractivity contribution < 1.29 is 0 Å². The zero-order valence-corrected chi connectivity index (χ0v) is 12.7. The molecule has 1 N–H and O–H groups in total. The van der Waals surface area contributed by atoms with Gasteiger partial charge in [-0.2, -0.15) is 0 Å². The highest BCUT2D eigenvalue weighted by atomic mass is 32.2. The van der Waals surface area contributed by atoms with E-state index < -0.39 is 5.69 Å². The molecule has 0 unspecified atom stereocenters. The van der Waals surface area contributed by atoms with Crippen LogP contribution >= 0.6 is 11.8 Å². The average Bonchev–Trinajstić information content (AvgIpc) is 2.77. The second kappa shape index (κ2) is 6.13. The van der Waals surface area contributed by atoms with Crippen LogP contribution < -0.4 is 11.2 Å². The highest BCUT2D eigenvalue weighted by Crippen LogP contribution is 2.21. The fraction of sp³-hybridized carbons (Fsp3) is 0.462. The van der Waals surface area contributed by atoms with Crippen molar-refractivity contribution in [3.05, 3.63) is 33.0 Å². The van der Waals surface area contributed by atoms with E-state index in [4.69, 9.17) is 0 Å². The summed E-state index contributed by atoms with van der Waals surface area (Å²) in [5.41, 5.74) is 0.0997. The van der Waals surface area contributed by atoms with E-state index in [0.29, 0.717) is 17.7 Å². The van der Waals surface area contributed by atoms with Crippen LogP contribution in [0.4, 0.5) is 0 Å². The number of H-pyrrole nitrogens is 1. The molecule has 0 aromatic carbocycles. The molecule has 0 spiro atoms. The van der Waals surface area contributed by atoms with Crippen LogP contribution in [0.5, 0.6) is 0 Å². The normalized spacial score (nSPS) is 11.8. The molecule has 7 heteroatoms. The summed E-state index contributed by atoms with van der Waals surface area (Å²) in [6.07, 6.45) is 4.90. The van der Waals surface area contributed by atoms with Crippen molar-refractivity contribution in [1.29, 1.82) is 0 Å². The van der Waals surface area contributed by atoms with Crippen LogP contribution in [0.25, 0.3) is 11.2 Å². The fourth-order valence-electron chi connectivity index (χ4n) is 1.97. The lowest BCUT2D eigenvalue weighted by Gasteiger charge is -2.05. The Bertz CT molecular complexity index is 754. The van der Waals surface area contributed by atoms with Gasteiger partial charge in [-0.1, -0.05) is 30.8 Å². The molecule has 2 heterocycles. The van der Waals surface area contributed by atoms with Crippen molar-refractivity contribution in [2.75, 3.05) is 5.75 Å². The first-order valence-electron chi connectivity index (χ1n) is 6.53. The Labute approximate surface area is 120 Å². The third-order valence-electron chi connectivity index (χ3n) is 2.96. The number of allylic oxidation sites excluding steroid dienone is 1. The predicted molar refractivity (Wildman–Crippen MR) is 81.4 cm³/mol. The molecule has 0 radical (unpaired) electrons. The maximum absolute atomic E-state index is 12.0. The lowest BCUT2D eigenvalue weighted by Crippen LogP contribution is -2.29. The number of fused-ring (bicyclic) bond motifs is 1. The molecule has 0 atom stereocenters. The summed E-state index contributed by atoms with van der Waals surface area (Å²) >= 11 is 1.56. The zero-order chi connectivity index (χ0) is 14.7. The summed E-state index contributed by atoms with van der Waals surface area (Å²) in [5.74, 6) is 0.787. The van der Waals surface area contributed by atoms with Crippen LogP contribution in [0.15, 0.2) is 26.9 Å². The molecule has 0 aliphatic heterocycles. The molecule has 6 nitrogen and oxygen atoms in total. The van der Waals surface area contributed by atoms with E-state index in [1.165, 1.54) is 4.57 Å². The lowest BCUT2D eigenvalue weighted by molar-refractivity contribution is 0.636. The number of nitrogens with zero attached hydrogens (tertiary/aromatic N) is 3. The van der Waals surface area contributed by atoms with E-state index >= 15 is 0 Å². The minimum absolute atomic E-state index is 0.373. The summed E-state index contributed by atoms with van der Waals surface area (Å²) in [6.45, 7) is 4.71. The monoisotopic (exact) mass is 294 g/mol. The maximum Gasteiger partial charge on any atom is 0.329 e. The van der Waals surface area contributed by atoms with E-state index in [-0.39, 0.29) is 5.56 Å². The maximum atomic E-state index is 12.0. The number of hydrogen-bond acceptors (Lipinski definition) is 4. The summed E-state index contributed by atoms with van der Waals surface area (Å²) in [7, 11) is 1.62. The van der Waals surface area contributed by atoms with E-state index in [1.54, 1.807) is 18.8 Å². The number of aromatic amines is 1. The van der Waals surface area contributed by atoms with Gasteiger partial charge in [0.2, 0.25) is 0 Å². The van der Waals surface area contributed by atoms with Crippen molar-refractivity contribution in [2.45, 2.75) is 32.0 Å². The quantitative estimate of drug-likeness (QED) is 0.670. The van der Waals surface area contributed by atoms with Crippen molar-refractivity contribution in [2.24, 2.45) is 7.05 Å². The number of aromatic nitrogens is 4. The number of nitrogens with one attached hydrogen (secondary N) is 1. The SMILES string of the molecule is CC=CCSc1nc2c(c(=O)[nH]c(=O)n2C)n1CCC. The van der Waals surface area contributed by atoms with Gasteiger partial charge in [0, 0.05) is 19.3 Å². The highest BCUT2D eigenvalue weighted by Gasteiger charge is 2.16. The Morgan fingerprint density at radius 1 is 1.40 bits per heavy atom. The first kappa shape index (κ1) is 14.6. The number of hydrogen-bond donors (Lipinski definition) is 1. The zero-order valence-electron chi connectivity index (χ0n) is 11.8. The molecule has 0 saturated carbocycles. The van der Waals surface area contributed by atoms with Crippen molar-refractivity contribution in [3.63, 3.8) is 0 Å². The number of aryl methyl sites for hydroxylation is 2. The van der Waals surface area contributed by atoms with Gasteiger partial charge in [-0.15, -0.1) is 0 Å². The van der Waals surface area contributed by atoms with Gasteiger partial charge >= 0.3 is 5.69 Å². The highest BCUT2D eigenvalue weighted by molar-refractivity contribution is 7.99. The smallest absolute Gasteiger partial charge is 0.313 e. The first-order chi connectivity index (χ1) is 9.60. The van der Waals surface area contributed by atoms with Gasteiger partial charge in [0.15, 0.2) is 16.3 Å². The fourth-order valence-corrected chi connectivity index (χ4v) is 2.90. The number of imidazole rings is 1. The second-order valence-electron chi connectivity index (χ2n) is 4.42. The molecule has 2 rings (SSSR count). The third-order valence-corrected chi connectivity index (χ3v) is 3.89. The molecule has 108 valence electrons. The Morgan fingerprint density at radius 3 is 2.80 bits per heavy atom. The second-order valence-corrected chi connectivity index (χ2v) is 5.40. The Kier molecular flexibility index (Phi) is 4.49. The summed E-state index contributed by atoms with van der Waals surface area (Å²) < 4.78 is 3.27. The molecular weight excluding hydrogens is 276 g/mol. The van der Waals surface area contributed by atoms with Crippen LogP contribution in [0, 0.1) is 0 Å². The molecule has 0 aliphatic carbocycles. The molecule has 0 saturated heterocycles. The van der Waals surface area contributed by atoms with E-state index in [0.717, 1.165) is 17.3 Å². The molecule has 2 aromatic heterocycles. The standard InChI is InChI=1S/C13H18N4O2S/c1-4-6-8-20-13-14-10-9(17(13)7-5-2)11(18)15-12(19)16(10)3/h4,6H,5,7-8H2,1-3H3,(H,15,18,19). The van der Waals surface area contributed by atoms with Gasteiger partial charge in [-0.3, -0.25) is 14.3 Å². The van der Waals surface area contributed by atoms with Crippen molar-refractivity contribution >= 4 is 22.9 Å². The van der Waals surface area contributed by atoms with Crippen LogP contribution in [-0.4, -0.2) is 24.9 Å². The summed E-state index contributed by atoms with van der Waals surface area (Å²) in [5, 5.41) is 0.770. The molecule has 0 amide bonds. The Hall–Kier alpha value is -1.76. The minimum Gasteiger partial charge on any atom is -0.313 e. The Balaban J connectivity index is 2.66.